The van der Waals surface area contributed by atoms with Crippen molar-refractivity contribution in [3.63, 3.8) is 0 Å². The van der Waals surface area contributed by atoms with Crippen LogP contribution in [0.25, 0.3) is 0 Å². The molecule has 2 rings (SSSR count). The van der Waals surface area contributed by atoms with E-state index in [1.54, 1.807) is 0 Å². The molecule has 116 valence electrons. The summed E-state index contributed by atoms with van der Waals surface area (Å²) in [4.78, 5) is 11.5. The number of phenols is 1. The molecule has 0 spiro atoms. The highest BCUT2D eigenvalue weighted by molar-refractivity contribution is 7.89. The first kappa shape index (κ1) is 15.8. The molecular weight excluding hydrogens is 294 g/mol. The van der Waals surface area contributed by atoms with Crippen LogP contribution in [0.1, 0.15) is 23.7 Å². The van der Waals surface area contributed by atoms with Gasteiger partial charge in [-0.1, -0.05) is 6.92 Å². The van der Waals surface area contributed by atoms with Gasteiger partial charge in [-0.25, -0.2) is 17.5 Å². The maximum Gasteiger partial charge on any atom is 0.341 e. The Morgan fingerprint density at radius 2 is 2.10 bits per heavy atom. The molecule has 1 fully saturated rings. The van der Waals surface area contributed by atoms with Crippen LogP contribution in [0.3, 0.4) is 0 Å². The third kappa shape index (κ3) is 3.19. The van der Waals surface area contributed by atoms with Gasteiger partial charge >= 0.3 is 5.97 Å². The minimum absolute atomic E-state index is 0.0310. The maximum atomic E-state index is 12.5. The number of methoxy groups -OCH3 is 1. The maximum absolute atomic E-state index is 12.5. The molecule has 1 saturated carbocycles. The number of aromatic hydroxyl groups is 1. The first-order chi connectivity index (χ1) is 9.77. The Hall–Kier alpha value is -1.60. The second-order valence-electron chi connectivity index (χ2n) is 5.43. The fourth-order valence-corrected chi connectivity index (χ4v) is 3.47. The average molecular weight is 313 g/mol. The molecule has 1 aromatic rings. The number of ether oxygens (including phenoxy) is 1. The predicted molar refractivity (Wildman–Crippen MR) is 76.5 cm³/mol. The molecule has 1 aromatic carbocycles. The predicted octanol–water partition coefficient (Wildman–Crippen LogP) is 1.46. The second-order valence-corrected chi connectivity index (χ2v) is 7.47. The molecule has 2 atom stereocenters. The van der Waals surface area contributed by atoms with Crippen molar-refractivity contribution < 1.29 is 23.1 Å². The number of hydrogen-bond donors (Lipinski definition) is 1. The molecule has 0 amide bonds. The lowest BCUT2D eigenvalue weighted by Gasteiger charge is -2.17. The van der Waals surface area contributed by atoms with Gasteiger partial charge in [0.2, 0.25) is 10.0 Å². The van der Waals surface area contributed by atoms with Gasteiger partial charge in [0.15, 0.2) is 0 Å². The van der Waals surface area contributed by atoms with Crippen molar-refractivity contribution in [1.82, 2.24) is 4.31 Å². The van der Waals surface area contributed by atoms with Gasteiger partial charge in [0, 0.05) is 13.6 Å². The monoisotopic (exact) mass is 313 g/mol. The SMILES string of the molecule is COC(=O)c1cc(S(=O)(=O)N(C)CC2CC2C)ccc1O. The lowest BCUT2D eigenvalue weighted by molar-refractivity contribution is 0.0597. The summed E-state index contributed by atoms with van der Waals surface area (Å²) in [6.07, 6.45) is 1.03. The fourth-order valence-electron chi connectivity index (χ4n) is 2.21. The van der Waals surface area contributed by atoms with Crippen LogP contribution in [0, 0.1) is 11.8 Å². The van der Waals surface area contributed by atoms with Crippen molar-refractivity contribution in [2.45, 2.75) is 18.2 Å². The summed E-state index contributed by atoms with van der Waals surface area (Å²) >= 11 is 0. The number of phenolic OH excluding ortho intramolecular Hbond substituents is 1. The molecule has 6 nitrogen and oxygen atoms in total. The van der Waals surface area contributed by atoms with Crippen LogP contribution in [-0.2, 0) is 14.8 Å². The number of carbonyl (C=O) groups is 1. The largest absolute Gasteiger partial charge is 0.507 e. The number of nitrogens with zero attached hydrogens (tertiary/aromatic N) is 1. The molecule has 1 aliphatic rings. The van der Waals surface area contributed by atoms with Crippen molar-refractivity contribution in [1.29, 1.82) is 0 Å². The van der Waals surface area contributed by atoms with E-state index in [1.807, 2.05) is 0 Å². The second kappa shape index (κ2) is 5.65. The molecule has 0 heterocycles. The quantitative estimate of drug-likeness (QED) is 0.832. The van der Waals surface area contributed by atoms with Crippen molar-refractivity contribution in [2.75, 3.05) is 20.7 Å². The highest BCUT2D eigenvalue weighted by Gasteiger charge is 2.36. The zero-order valence-electron chi connectivity index (χ0n) is 12.2. The van der Waals surface area contributed by atoms with E-state index in [-0.39, 0.29) is 16.2 Å². The minimum Gasteiger partial charge on any atom is -0.507 e. The van der Waals surface area contributed by atoms with Gasteiger partial charge in [-0.2, -0.15) is 0 Å². The van der Waals surface area contributed by atoms with Crippen molar-refractivity contribution >= 4 is 16.0 Å². The van der Waals surface area contributed by atoms with E-state index >= 15 is 0 Å². The van der Waals surface area contributed by atoms with Gasteiger partial charge in [0.25, 0.3) is 0 Å². The Kier molecular flexibility index (Phi) is 4.25. The standard InChI is InChI=1S/C14H19NO5S/c1-9-6-10(9)8-15(2)21(18,19)11-4-5-13(16)12(7-11)14(17)20-3/h4-5,7,9-10,16H,6,8H2,1-3H3. The average Bonchev–Trinajstić information content (AvgIpc) is 3.13. The van der Waals surface area contributed by atoms with E-state index in [1.165, 1.54) is 30.6 Å². The van der Waals surface area contributed by atoms with E-state index in [4.69, 9.17) is 0 Å². The molecule has 0 aliphatic heterocycles. The van der Waals surface area contributed by atoms with Crippen LogP contribution in [-0.4, -0.2) is 44.5 Å². The summed E-state index contributed by atoms with van der Waals surface area (Å²) in [6.45, 7) is 2.54. The summed E-state index contributed by atoms with van der Waals surface area (Å²) in [6, 6.07) is 3.61. The lowest BCUT2D eigenvalue weighted by atomic mass is 10.2. The summed E-state index contributed by atoms with van der Waals surface area (Å²) in [7, 11) is -0.995. The smallest absolute Gasteiger partial charge is 0.341 e. The topological polar surface area (TPSA) is 83.9 Å². The zero-order valence-corrected chi connectivity index (χ0v) is 13.1. The minimum atomic E-state index is -3.68. The summed E-state index contributed by atoms with van der Waals surface area (Å²) in [5.41, 5.74) is -0.160. The Morgan fingerprint density at radius 3 is 2.62 bits per heavy atom. The number of carbonyl (C=O) groups excluding carboxylic acids is 1. The van der Waals surface area contributed by atoms with Crippen LogP contribution in [0.5, 0.6) is 5.75 Å². The normalized spacial score (nSPS) is 21.3. The Labute approximate surface area is 124 Å². The molecule has 2 unspecified atom stereocenters. The van der Waals surface area contributed by atoms with E-state index < -0.39 is 16.0 Å². The molecule has 0 aromatic heterocycles. The number of sulfonamides is 1. The highest BCUT2D eigenvalue weighted by atomic mass is 32.2. The highest BCUT2D eigenvalue weighted by Crippen LogP contribution is 2.38. The molecule has 0 radical (unpaired) electrons. The molecule has 0 bridgehead atoms. The van der Waals surface area contributed by atoms with Crippen LogP contribution < -0.4 is 0 Å². The van der Waals surface area contributed by atoms with Crippen LogP contribution in [0.15, 0.2) is 23.1 Å². The summed E-state index contributed by atoms with van der Waals surface area (Å²) < 4.78 is 30.8. The van der Waals surface area contributed by atoms with E-state index in [9.17, 15) is 18.3 Å². The van der Waals surface area contributed by atoms with Crippen LogP contribution >= 0.6 is 0 Å². The van der Waals surface area contributed by atoms with Gasteiger partial charge in [-0.3, -0.25) is 0 Å². The zero-order chi connectivity index (χ0) is 15.8. The first-order valence-electron chi connectivity index (χ1n) is 6.65. The van der Waals surface area contributed by atoms with Gasteiger partial charge in [0.1, 0.15) is 11.3 Å². The van der Waals surface area contributed by atoms with Gasteiger partial charge in [-0.15, -0.1) is 0 Å². The first-order valence-corrected chi connectivity index (χ1v) is 8.09. The fraction of sp³-hybridized carbons (Fsp3) is 0.500. The van der Waals surface area contributed by atoms with E-state index in [0.29, 0.717) is 18.4 Å². The number of rotatable bonds is 5. The molecule has 1 aliphatic carbocycles. The number of esters is 1. The van der Waals surface area contributed by atoms with E-state index in [0.717, 1.165) is 12.5 Å². The van der Waals surface area contributed by atoms with Crippen molar-refractivity contribution in [2.24, 2.45) is 11.8 Å². The molecular formula is C14H19NO5S. The van der Waals surface area contributed by atoms with Crippen LogP contribution in [0.4, 0.5) is 0 Å². The third-order valence-electron chi connectivity index (χ3n) is 3.85. The Balaban J connectivity index is 2.29. The molecule has 0 saturated heterocycles. The van der Waals surface area contributed by atoms with Crippen molar-refractivity contribution in [3.05, 3.63) is 23.8 Å². The van der Waals surface area contributed by atoms with Crippen molar-refractivity contribution in [3.8, 4) is 5.75 Å². The Morgan fingerprint density at radius 1 is 1.48 bits per heavy atom. The number of benzene rings is 1. The summed E-state index contributed by atoms with van der Waals surface area (Å²) in [5, 5.41) is 9.62. The Bertz CT molecular complexity index is 655. The third-order valence-corrected chi connectivity index (χ3v) is 5.67. The van der Waals surface area contributed by atoms with Gasteiger partial charge in [0.05, 0.1) is 12.0 Å². The van der Waals surface area contributed by atoms with Gasteiger partial charge in [-0.05, 0) is 36.5 Å². The van der Waals surface area contributed by atoms with Crippen LogP contribution in [0.2, 0.25) is 0 Å². The molecule has 7 heteroatoms. The van der Waals surface area contributed by atoms with Gasteiger partial charge < -0.3 is 9.84 Å². The molecule has 21 heavy (non-hydrogen) atoms. The summed E-state index contributed by atoms with van der Waals surface area (Å²) in [5.74, 6) is -0.141. The lowest BCUT2D eigenvalue weighted by Crippen LogP contribution is -2.29. The molecule has 1 N–H and O–H groups in total. The van der Waals surface area contributed by atoms with E-state index in [2.05, 4.69) is 11.7 Å². The number of hydrogen-bond acceptors (Lipinski definition) is 5.